The molecule has 0 aliphatic carbocycles. The third-order valence-corrected chi connectivity index (χ3v) is 3.69. The van der Waals surface area contributed by atoms with Gasteiger partial charge in [0.2, 0.25) is 0 Å². The van der Waals surface area contributed by atoms with Crippen molar-refractivity contribution in [2.24, 2.45) is 11.8 Å². The van der Waals surface area contributed by atoms with Gasteiger partial charge < -0.3 is 20.1 Å². The van der Waals surface area contributed by atoms with Crippen molar-refractivity contribution in [2.75, 3.05) is 26.2 Å². The van der Waals surface area contributed by atoms with E-state index in [1.54, 1.807) is 4.90 Å². The number of piperidine rings is 1. The van der Waals surface area contributed by atoms with Gasteiger partial charge in [0.25, 0.3) is 0 Å². The number of urea groups is 1. The Hall–Kier alpha value is -2.24. The number of hydrogen-bond acceptors (Lipinski definition) is 3. The van der Waals surface area contributed by atoms with Crippen molar-refractivity contribution in [1.82, 2.24) is 10.2 Å². The third-order valence-electron chi connectivity index (χ3n) is 3.69. The van der Waals surface area contributed by atoms with Crippen molar-refractivity contribution in [3.8, 4) is 5.75 Å². The van der Waals surface area contributed by atoms with Gasteiger partial charge in [-0.1, -0.05) is 25.1 Å². The van der Waals surface area contributed by atoms with Crippen LogP contribution in [-0.4, -0.2) is 48.2 Å². The van der Waals surface area contributed by atoms with Gasteiger partial charge in [-0.05, 0) is 24.5 Å². The lowest BCUT2D eigenvalue weighted by Crippen LogP contribution is -2.50. The number of rotatable bonds is 5. The Kier molecular flexibility index (Phi) is 5.63. The summed E-state index contributed by atoms with van der Waals surface area (Å²) in [6.45, 7) is 3.59. The SMILES string of the molecule is CC1CC(C(=O)O)CN(C(=O)NCCOc2ccccc2)C1. The van der Waals surface area contributed by atoms with Crippen LogP contribution in [0.5, 0.6) is 5.75 Å². The molecule has 2 unspecified atom stereocenters. The summed E-state index contributed by atoms with van der Waals surface area (Å²) < 4.78 is 5.50. The molecule has 0 bridgehead atoms. The molecule has 6 heteroatoms. The second-order valence-electron chi connectivity index (χ2n) is 5.67. The molecule has 2 atom stereocenters. The normalized spacial score (nSPS) is 21.2. The smallest absolute Gasteiger partial charge is 0.317 e. The van der Waals surface area contributed by atoms with E-state index in [2.05, 4.69) is 5.32 Å². The lowest BCUT2D eigenvalue weighted by Gasteiger charge is -2.34. The molecule has 1 aromatic carbocycles. The van der Waals surface area contributed by atoms with Crippen LogP contribution in [0.2, 0.25) is 0 Å². The summed E-state index contributed by atoms with van der Waals surface area (Å²) in [5.41, 5.74) is 0. The first-order chi connectivity index (χ1) is 10.6. The van der Waals surface area contributed by atoms with Crippen LogP contribution in [-0.2, 0) is 4.79 Å². The van der Waals surface area contributed by atoms with Crippen LogP contribution in [0.3, 0.4) is 0 Å². The molecule has 22 heavy (non-hydrogen) atoms. The number of para-hydroxylation sites is 1. The fourth-order valence-electron chi connectivity index (χ4n) is 2.65. The maximum Gasteiger partial charge on any atom is 0.317 e. The zero-order chi connectivity index (χ0) is 15.9. The van der Waals surface area contributed by atoms with E-state index in [0.717, 1.165) is 5.75 Å². The molecule has 0 radical (unpaired) electrons. The van der Waals surface area contributed by atoms with Crippen LogP contribution >= 0.6 is 0 Å². The van der Waals surface area contributed by atoms with E-state index in [-0.39, 0.29) is 18.5 Å². The molecular weight excluding hydrogens is 284 g/mol. The Morgan fingerprint density at radius 3 is 2.73 bits per heavy atom. The number of carbonyl (C=O) groups excluding carboxylic acids is 1. The predicted molar refractivity (Wildman–Crippen MR) is 81.8 cm³/mol. The van der Waals surface area contributed by atoms with E-state index >= 15 is 0 Å². The number of carboxylic acids is 1. The summed E-state index contributed by atoms with van der Waals surface area (Å²) in [4.78, 5) is 24.8. The second kappa shape index (κ2) is 7.68. The Morgan fingerprint density at radius 1 is 1.32 bits per heavy atom. The summed E-state index contributed by atoms with van der Waals surface area (Å²) >= 11 is 0. The Morgan fingerprint density at radius 2 is 2.05 bits per heavy atom. The monoisotopic (exact) mass is 306 g/mol. The van der Waals surface area contributed by atoms with Gasteiger partial charge in [0.1, 0.15) is 12.4 Å². The van der Waals surface area contributed by atoms with Crippen molar-refractivity contribution < 1.29 is 19.4 Å². The van der Waals surface area contributed by atoms with Crippen LogP contribution < -0.4 is 10.1 Å². The van der Waals surface area contributed by atoms with Gasteiger partial charge in [-0.3, -0.25) is 4.79 Å². The highest BCUT2D eigenvalue weighted by molar-refractivity contribution is 5.76. The summed E-state index contributed by atoms with van der Waals surface area (Å²) in [5, 5.41) is 11.9. The maximum absolute atomic E-state index is 12.1. The van der Waals surface area contributed by atoms with Gasteiger partial charge in [0.15, 0.2) is 0 Å². The molecule has 1 aliphatic rings. The average molecular weight is 306 g/mol. The van der Waals surface area contributed by atoms with E-state index in [4.69, 9.17) is 9.84 Å². The molecule has 1 saturated heterocycles. The first kappa shape index (κ1) is 16.1. The molecule has 2 rings (SSSR count). The van der Waals surface area contributed by atoms with E-state index in [9.17, 15) is 9.59 Å². The molecular formula is C16H22N2O4. The molecule has 1 aliphatic heterocycles. The minimum Gasteiger partial charge on any atom is -0.492 e. The van der Waals surface area contributed by atoms with E-state index in [0.29, 0.717) is 26.1 Å². The highest BCUT2D eigenvalue weighted by atomic mass is 16.5. The summed E-state index contributed by atoms with van der Waals surface area (Å²) in [6, 6.07) is 9.15. The van der Waals surface area contributed by atoms with E-state index < -0.39 is 11.9 Å². The largest absolute Gasteiger partial charge is 0.492 e. The summed E-state index contributed by atoms with van der Waals surface area (Å²) in [7, 11) is 0. The number of nitrogens with one attached hydrogen (secondary N) is 1. The number of carbonyl (C=O) groups is 2. The maximum atomic E-state index is 12.1. The van der Waals surface area contributed by atoms with Crippen LogP contribution in [0.25, 0.3) is 0 Å². The predicted octanol–water partition coefficient (Wildman–Crippen LogP) is 1.82. The van der Waals surface area contributed by atoms with Crippen LogP contribution in [0.1, 0.15) is 13.3 Å². The fourth-order valence-corrected chi connectivity index (χ4v) is 2.65. The fraction of sp³-hybridized carbons (Fsp3) is 0.500. The van der Waals surface area contributed by atoms with Gasteiger partial charge >= 0.3 is 12.0 Å². The molecule has 0 spiro atoms. The van der Waals surface area contributed by atoms with Crippen molar-refractivity contribution >= 4 is 12.0 Å². The number of aliphatic carboxylic acids is 1. The Labute approximate surface area is 130 Å². The second-order valence-corrected chi connectivity index (χ2v) is 5.67. The van der Waals surface area contributed by atoms with Crippen molar-refractivity contribution in [3.05, 3.63) is 30.3 Å². The topological polar surface area (TPSA) is 78.9 Å². The van der Waals surface area contributed by atoms with Crippen molar-refractivity contribution in [1.29, 1.82) is 0 Å². The number of ether oxygens (including phenoxy) is 1. The molecule has 120 valence electrons. The lowest BCUT2D eigenvalue weighted by molar-refractivity contribution is -0.143. The zero-order valence-electron chi connectivity index (χ0n) is 12.7. The molecule has 1 fully saturated rings. The molecule has 2 amide bonds. The molecule has 0 aromatic heterocycles. The number of amides is 2. The number of benzene rings is 1. The van der Waals surface area contributed by atoms with Gasteiger partial charge in [-0.2, -0.15) is 0 Å². The molecule has 0 saturated carbocycles. The quantitative estimate of drug-likeness (QED) is 0.813. The number of nitrogens with zero attached hydrogens (tertiary/aromatic N) is 1. The van der Waals surface area contributed by atoms with Crippen molar-refractivity contribution in [2.45, 2.75) is 13.3 Å². The minimum absolute atomic E-state index is 0.196. The standard InChI is InChI=1S/C16H22N2O4/c1-12-9-13(15(19)20)11-18(10-12)16(21)17-7-8-22-14-5-3-2-4-6-14/h2-6,12-13H,7-11H2,1H3,(H,17,21)(H,19,20). The van der Waals surface area contributed by atoms with Crippen LogP contribution in [0, 0.1) is 11.8 Å². The summed E-state index contributed by atoms with van der Waals surface area (Å²) in [5.74, 6) is -0.359. The average Bonchev–Trinajstić information content (AvgIpc) is 2.51. The van der Waals surface area contributed by atoms with Gasteiger partial charge in [0.05, 0.1) is 12.5 Å². The van der Waals surface area contributed by atoms with E-state index in [1.165, 1.54) is 0 Å². The Bertz CT molecular complexity index is 506. The highest BCUT2D eigenvalue weighted by Crippen LogP contribution is 2.21. The molecule has 1 aromatic rings. The number of hydrogen-bond donors (Lipinski definition) is 2. The number of likely N-dealkylation sites (tertiary alicyclic amines) is 1. The van der Waals surface area contributed by atoms with Crippen LogP contribution in [0.4, 0.5) is 4.79 Å². The molecule has 1 heterocycles. The molecule has 2 N–H and O–H groups in total. The lowest BCUT2D eigenvalue weighted by atomic mass is 9.91. The van der Waals surface area contributed by atoms with Crippen LogP contribution in [0.15, 0.2) is 30.3 Å². The van der Waals surface area contributed by atoms with Gasteiger partial charge in [-0.15, -0.1) is 0 Å². The third kappa shape index (κ3) is 4.65. The van der Waals surface area contributed by atoms with Gasteiger partial charge in [-0.25, -0.2) is 4.79 Å². The molecule has 6 nitrogen and oxygen atoms in total. The van der Waals surface area contributed by atoms with Crippen molar-refractivity contribution in [3.63, 3.8) is 0 Å². The first-order valence-electron chi connectivity index (χ1n) is 7.49. The minimum atomic E-state index is -0.836. The van der Waals surface area contributed by atoms with Gasteiger partial charge in [0, 0.05) is 13.1 Å². The highest BCUT2D eigenvalue weighted by Gasteiger charge is 2.31. The number of carboxylic acid groups (broad SMARTS) is 1. The zero-order valence-corrected chi connectivity index (χ0v) is 12.7. The first-order valence-corrected chi connectivity index (χ1v) is 7.49. The summed E-state index contributed by atoms with van der Waals surface area (Å²) in [6.07, 6.45) is 0.621. The Balaban J connectivity index is 1.73. The van der Waals surface area contributed by atoms with E-state index in [1.807, 2.05) is 37.3 Å².